The predicted octanol–water partition coefficient (Wildman–Crippen LogP) is 0.931. The molecule has 0 fully saturated rings. The van der Waals surface area contributed by atoms with Crippen molar-refractivity contribution in [3.8, 4) is 0 Å². The molecule has 0 aliphatic carbocycles. The van der Waals surface area contributed by atoms with Crippen molar-refractivity contribution >= 4 is 17.2 Å². The highest BCUT2D eigenvalue weighted by Gasteiger charge is 1.81. The largest absolute Gasteiger partial charge is 0.769 e. The number of hydrogen-bond donors (Lipinski definition) is 0. The third kappa shape index (κ3) is 3.06. The molecule has 1 unspecified atom stereocenters. The molecule has 1 rings (SSSR count). The fraction of sp³-hybridized carbons (Fsp3) is 0. The average Bonchev–Trinajstić information content (AvgIpc) is 2.03. The molecule has 58 valence electrons. The Labute approximate surface area is 67.1 Å². The second kappa shape index (κ2) is 4.00. The van der Waals surface area contributed by atoms with Crippen LogP contribution in [0.5, 0.6) is 0 Å². The lowest BCUT2D eigenvalue weighted by Crippen LogP contribution is -1.77. The van der Waals surface area contributed by atoms with E-state index in [0.29, 0.717) is 0 Å². The van der Waals surface area contributed by atoms with E-state index < -0.39 is 11.1 Å². The van der Waals surface area contributed by atoms with Crippen LogP contribution in [0.4, 0.5) is 0 Å². The standard InChI is InChI=1S/C7H7NO2S/c9-11(10)6-3-7-1-4-8-5-2-7/h1-6H,(H,9,10)/p-1. The summed E-state index contributed by atoms with van der Waals surface area (Å²) in [4.78, 5) is 3.78. The SMILES string of the molecule is O=S([O-])C=Cc1ccncc1. The minimum absolute atomic E-state index is 0.823. The summed E-state index contributed by atoms with van der Waals surface area (Å²) in [5, 5.41) is 1.09. The minimum atomic E-state index is -2.12. The van der Waals surface area contributed by atoms with Crippen LogP contribution >= 0.6 is 0 Å². The lowest BCUT2D eigenvalue weighted by Gasteiger charge is -1.94. The number of rotatable bonds is 2. The van der Waals surface area contributed by atoms with Crippen LogP contribution in [-0.4, -0.2) is 13.7 Å². The summed E-state index contributed by atoms with van der Waals surface area (Å²) in [6, 6.07) is 3.45. The molecule has 0 radical (unpaired) electrons. The molecule has 0 amide bonds. The molecule has 0 aliphatic heterocycles. The summed E-state index contributed by atoms with van der Waals surface area (Å²) in [6.45, 7) is 0. The first-order valence-corrected chi connectivity index (χ1v) is 4.09. The number of aromatic nitrogens is 1. The van der Waals surface area contributed by atoms with Crippen LogP contribution in [0.2, 0.25) is 0 Å². The zero-order valence-corrected chi connectivity index (χ0v) is 6.45. The molecule has 3 nitrogen and oxygen atoms in total. The maximum absolute atomic E-state index is 10.1. The Morgan fingerprint density at radius 1 is 1.45 bits per heavy atom. The zero-order valence-electron chi connectivity index (χ0n) is 5.64. The van der Waals surface area contributed by atoms with E-state index in [4.69, 9.17) is 0 Å². The Hall–Kier alpha value is -1.00. The van der Waals surface area contributed by atoms with E-state index in [2.05, 4.69) is 4.98 Å². The molecule has 0 bridgehead atoms. The summed E-state index contributed by atoms with van der Waals surface area (Å²) >= 11 is -2.12. The van der Waals surface area contributed by atoms with E-state index in [1.807, 2.05) is 0 Å². The van der Waals surface area contributed by atoms with Crippen molar-refractivity contribution in [1.29, 1.82) is 0 Å². The molecule has 1 aromatic rings. The van der Waals surface area contributed by atoms with Crippen molar-refractivity contribution in [3.63, 3.8) is 0 Å². The quantitative estimate of drug-likeness (QED) is 0.617. The summed E-state index contributed by atoms with van der Waals surface area (Å²) in [7, 11) is 0. The van der Waals surface area contributed by atoms with Gasteiger partial charge in [-0.15, -0.1) is 0 Å². The molecule has 1 heterocycles. The maximum atomic E-state index is 10.1. The zero-order chi connectivity index (χ0) is 8.10. The van der Waals surface area contributed by atoms with Gasteiger partial charge in [-0.05, 0) is 40.3 Å². The van der Waals surface area contributed by atoms with Crippen LogP contribution in [0.15, 0.2) is 29.9 Å². The minimum Gasteiger partial charge on any atom is -0.769 e. The van der Waals surface area contributed by atoms with E-state index in [1.54, 1.807) is 24.5 Å². The van der Waals surface area contributed by atoms with Gasteiger partial charge in [-0.25, -0.2) is 0 Å². The van der Waals surface area contributed by atoms with Gasteiger partial charge >= 0.3 is 0 Å². The first-order chi connectivity index (χ1) is 5.29. The molecule has 0 N–H and O–H groups in total. The summed E-state index contributed by atoms with van der Waals surface area (Å²) in [5.41, 5.74) is 0.823. The molecule has 4 heteroatoms. The van der Waals surface area contributed by atoms with Gasteiger partial charge in [0.1, 0.15) is 0 Å². The highest BCUT2D eigenvalue weighted by Crippen LogP contribution is 1.98. The monoisotopic (exact) mass is 168 g/mol. The van der Waals surface area contributed by atoms with Crippen LogP contribution in [0.1, 0.15) is 5.56 Å². The third-order valence-corrected chi connectivity index (χ3v) is 1.44. The summed E-state index contributed by atoms with van der Waals surface area (Å²) < 4.78 is 20.1. The average molecular weight is 168 g/mol. The molecule has 0 saturated heterocycles. The number of nitrogens with zero attached hydrogens (tertiary/aromatic N) is 1. The van der Waals surface area contributed by atoms with Gasteiger partial charge in [0, 0.05) is 12.4 Å². The Bertz CT molecular complexity index is 271. The Morgan fingerprint density at radius 2 is 2.09 bits per heavy atom. The smallest absolute Gasteiger partial charge is 0.0273 e. The van der Waals surface area contributed by atoms with Crippen molar-refractivity contribution in [2.75, 3.05) is 0 Å². The molecule has 1 aromatic heterocycles. The number of pyridine rings is 1. The van der Waals surface area contributed by atoms with Gasteiger partial charge in [0.15, 0.2) is 0 Å². The van der Waals surface area contributed by atoms with Gasteiger partial charge < -0.3 is 4.55 Å². The van der Waals surface area contributed by atoms with Gasteiger partial charge in [-0.3, -0.25) is 9.19 Å². The molecule has 1 atom stereocenters. The summed E-state index contributed by atoms with van der Waals surface area (Å²) in [6.07, 6.45) is 4.71. The van der Waals surface area contributed by atoms with Gasteiger partial charge in [0.2, 0.25) is 0 Å². The normalized spacial score (nSPS) is 13.5. The Kier molecular flexibility index (Phi) is 2.95. The van der Waals surface area contributed by atoms with Crippen molar-refractivity contribution in [2.45, 2.75) is 0 Å². The van der Waals surface area contributed by atoms with E-state index in [-0.39, 0.29) is 0 Å². The van der Waals surface area contributed by atoms with Crippen molar-refractivity contribution in [3.05, 3.63) is 35.5 Å². The predicted molar refractivity (Wildman–Crippen MR) is 42.2 cm³/mol. The lowest BCUT2D eigenvalue weighted by molar-refractivity contribution is 0.546. The van der Waals surface area contributed by atoms with Crippen LogP contribution in [0.25, 0.3) is 6.08 Å². The van der Waals surface area contributed by atoms with Crippen molar-refractivity contribution < 1.29 is 8.76 Å². The first-order valence-electron chi connectivity index (χ1n) is 2.95. The highest BCUT2D eigenvalue weighted by molar-refractivity contribution is 7.82. The molecular weight excluding hydrogens is 162 g/mol. The van der Waals surface area contributed by atoms with E-state index in [0.717, 1.165) is 11.0 Å². The molecule has 0 aliphatic rings. The highest BCUT2D eigenvalue weighted by atomic mass is 32.2. The fourth-order valence-corrected chi connectivity index (χ4v) is 0.877. The van der Waals surface area contributed by atoms with Crippen LogP contribution in [0, 0.1) is 0 Å². The molecule has 0 saturated carbocycles. The van der Waals surface area contributed by atoms with Gasteiger partial charge in [-0.2, -0.15) is 0 Å². The fourth-order valence-electron chi connectivity index (χ4n) is 0.609. The maximum Gasteiger partial charge on any atom is 0.0273 e. The van der Waals surface area contributed by atoms with Crippen LogP contribution < -0.4 is 0 Å². The second-order valence-corrected chi connectivity index (χ2v) is 2.64. The molecular formula is C7H6NO2S-. The molecule has 0 aromatic carbocycles. The first kappa shape index (κ1) is 8.10. The van der Waals surface area contributed by atoms with Crippen molar-refractivity contribution in [2.24, 2.45) is 0 Å². The Balaban J connectivity index is 2.72. The second-order valence-electron chi connectivity index (χ2n) is 1.84. The van der Waals surface area contributed by atoms with E-state index in [9.17, 15) is 8.76 Å². The Morgan fingerprint density at radius 3 is 2.64 bits per heavy atom. The lowest BCUT2D eigenvalue weighted by atomic mass is 10.3. The van der Waals surface area contributed by atoms with Crippen LogP contribution in [-0.2, 0) is 11.1 Å². The van der Waals surface area contributed by atoms with Crippen LogP contribution in [0.3, 0.4) is 0 Å². The van der Waals surface area contributed by atoms with E-state index in [1.165, 1.54) is 6.08 Å². The van der Waals surface area contributed by atoms with Crippen molar-refractivity contribution in [1.82, 2.24) is 4.98 Å². The third-order valence-electron chi connectivity index (χ3n) is 1.08. The van der Waals surface area contributed by atoms with Gasteiger partial charge in [0.25, 0.3) is 0 Å². The van der Waals surface area contributed by atoms with Gasteiger partial charge in [0.05, 0.1) is 0 Å². The van der Waals surface area contributed by atoms with E-state index >= 15 is 0 Å². The topological polar surface area (TPSA) is 53.0 Å². The molecule has 11 heavy (non-hydrogen) atoms. The molecule has 0 spiro atoms. The van der Waals surface area contributed by atoms with Gasteiger partial charge in [-0.1, -0.05) is 0 Å². The number of hydrogen-bond acceptors (Lipinski definition) is 3. The summed E-state index contributed by atoms with van der Waals surface area (Å²) in [5.74, 6) is 0.